The number of alkyl halides is 3. The van der Waals surface area contributed by atoms with Crippen LogP contribution in [0.2, 0.25) is 0 Å². The smallest absolute Gasteiger partial charge is 0.377 e. The van der Waals surface area contributed by atoms with E-state index in [9.17, 15) is 26.4 Å². The number of fused-ring (bicyclic) bond motifs is 1. The number of piperazine rings is 1. The highest BCUT2D eigenvalue weighted by molar-refractivity contribution is 7.91. The number of aromatic nitrogens is 3. The minimum atomic E-state index is -4.82. The van der Waals surface area contributed by atoms with Crippen LogP contribution in [0.25, 0.3) is 10.6 Å². The second-order valence-corrected chi connectivity index (χ2v) is 14.1. The molecule has 3 aromatic heterocycles. The zero-order chi connectivity index (χ0) is 29.9. The maximum absolute atomic E-state index is 14.2. The Kier molecular flexibility index (Phi) is 7.06. The number of anilines is 3. The maximum atomic E-state index is 14.2. The first kappa shape index (κ1) is 28.4. The van der Waals surface area contributed by atoms with Crippen LogP contribution in [0, 0.1) is 0 Å². The van der Waals surface area contributed by atoms with Crippen molar-refractivity contribution >= 4 is 44.5 Å². The van der Waals surface area contributed by atoms with E-state index in [-0.39, 0.29) is 58.1 Å². The van der Waals surface area contributed by atoms with E-state index >= 15 is 0 Å². The second-order valence-electron chi connectivity index (χ2n) is 11.0. The number of ether oxygens (including phenoxy) is 1. The summed E-state index contributed by atoms with van der Waals surface area (Å²) in [7, 11) is -3.93. The monoisotopic (exact) mass is 635 g/mol. The summed E-state index contributed by atoms with van der Waals surface area (Å²) in [5.41, 5.74) is -0.216. The third-order valence-corrected chi connectivity index (χ3v) is 11.0. The van der Waals surface area contributed by atoms with Crippen LogP contribution in [0.15, 0.2) is 29.3 Å². The summed E-state index contributed by atoms with van der Waals surface area (Å²) in [6.45, 7) is 3.92. The summed E-state index contributed by atoms with van der Waals surface area (Å²) in [5, 5.41) is 6.37. The van der Waals surface area contributed by atoms with Crippen molar-refractivity contribution in [1.29, 1.82) is 0 Å². The average Bonchev–Trinajstić information content (AvgIpc) is 3.71. The quantitative estimate of drug-likeness (QED) is 0.416. The standard InChI is InChI=1S/C27H28F3N7O4S2/c28-27(29,30)17-12-32-26(33-18-3-4-21(34-22(18)15-1-2-15)36-7-5-31-6-8-36)35-23(17)19-11-20-24(42-19)25(38)37(16-13-41-14-16)9-10-43(20,39)40/h3-4,11-12,15-16,31H,1-2,5-10,13-14H2,(H,32,33,35). The van der Waals surface area contributed by atoms with Gasteiger partial charge in [-0.25, -0.2) is 23.4 Å². The van der Waals surface area contributed by atoms with Crippen LogP contribution >= 0.6 is 11.3 Å². The van der Waals surface area contributed by atoms with Crippen molar-refractivity contribution in [3.8, 4) is 10.6 Å². The number of hydrogen-bond donors (Lipinski definition) is 2. The molecule has 0 radical (unpaired) electrons. The van der Waals surface area contributed by atoms with Gasteiger partial charge < -0.3 is 25.2 Å². The van der Waals surface area contributed by atoms with Crippen LogP contribution in [-0.4, -0.2) is 91.9 Å². The number of amides is 1. The van der Waals surface area contributed by atoms with E-state index in [0.29, 0.717) is 23.2 Å². The molecule has 7 rings (SSSR count). The Bertz CT molecular complexity index is 1680. The van der Waals surface area contributed by atoms with E-state index in [2.05, 4.69) is 25.5 Å². The summed E-state index contributed by atoms with van der Waals surface area (Å²) in [4.78, 5) is 29.6. The van der Waals surface area contributed by atoms with Crippen molar-refractivity contribution in [2.24, 2.45) is 0 Å². The number of carbonyl (C=O) groups excluding carboxylic acids is 1. The van der Waals surface area contributed by atoms with Gasteiger partial charge in [-0.2, -0.15) is 13.2 Å². The summed E-state index contributed by atoms with van der Waals surface area (Å²) >= 11 is 0.697. The van der Waals surface area contributed by atoms with Crippen LogP contribution in [0.1, 0.15) is 39.7 Å². The lowest BCUT2D eigenvalue weighted by atomic mass is 10.2. The van der Waals surface area contributed by atoms with Gasteiger partial charge in [0.05, 0.1) is 51.9 Å². The number of sulfone groups is 1. The minimum absolute atomic E-state index is 0.00783. The van der Waals surface area contributed by atoms with Gasteiger partial charge in [0.15, 0.2) is 9.84 Å². The van der Waals surface area contributed by atoms with E-state index < -0.39 is 33.2 Å². The van der Waals surface area contributed by atoms with Gasteiger partial charge in [-0.1, -0.05) is 0 Å². The zero-order valence-electron chi connectivity index (χ0n) is 22.9. The Morgan fingerprint density at radius 2 is 1.86 bits per heavy atom. The second kappa shape index (κ2) is 10.7. The molecule has 0 unspecified atom stereocenters. The number of carbonyl (C=O) groups is 1. The Morgan fingerprint density at radius 3 is 2.53 bits per heavy atom. The average molecular weight is 636 g/mol. The molecule has 3 fully saturated rings. The predicted molar refractivity (Wildman–Crippen MR) is 153 cm³/mol. The molecule has 228 valence electrons. The zero-order valence-corrected chi connectivity index (χ0v) is 24.5. The fourth-order valence-corrected chi connectivity index (χ4v) is 8.37. The Morgan fingerprint density at radius 1 is 1.09 bits per heavy atom. The largest absolute Gasteiger partial charge is 0.420 e. The number of nitrogens with one attached hydrogen (secondary N) is 2. The van der Waals surface area contributed by atoms with Gasteiger partial charge in [0, 0.05) is 44.8 Å². The predicted octanol–water partition coefficient (Wildman–Crippen LogP) is 3.28. The van der Waals surface area contributed by atoms with E-state index in [4.69, 9.17) is 9.72 Å². The van der Waals surface area contributed by atoms with Crippen molar-refractivity contribution in [2.45, 2.75) is 35.9 Å². The highest BCUT2D eigenvalue weighted by Crippen LogP contribution is 2.45. The maximum Gasteiger partial charge on any atom is 0.420 e. The normalized spacial score (nSPS) is 20.9. The Hall–Kier alpha value is -3.34. The molecule has 1 saturated carbocycles. The van der Waals surface area contributed by atoms with Crippen molar-refractivity contribution in [2.75, 3.05) is 61.9 Å². The van der Waals surface area contributed by atoms with Gasteiger partial charge in [0.2, 0.25) is 5.95 Å². The van der Waals surface area contributed by atoms with Crippen molar-refractivity contribution in [3.05, 3.63) is 40.5 Å². The van der Waals surface area contributed by atoms with E-state index in [0.717, 1.165) is 56.6 Å². The van der Waals surface area contributed by atoms with Gasteiger partial charge in [-0.3, -0.25) is 4.79 Å². The molecule has 0 atom stereocenters. The van der Waals surface area contributed by atoms with Crippen LogP contribution in [0.3, 0.4) is 0 Å². The lowest BCUT2D eigenvalue weighted by Gasteiger charge is -2.36. The summed E-state index contributed by atoms with van der Waals surface area (Å²) < 4.78 is 73.9. The molecule has 4 aliphatic rings. The van der Waals surface area contributed by atoms with Crippen molar-refractivity contribution < 1.29 is 31.1 Å². The fourth-order valence-electron chi connectivity index (χ4n) is 5.45. The van der Waals surface area contributed by atoms with Crippen molar-refractivity contribution in [1.82, 2.24) is 25.2 Å². The fraction of sp³-hybridized carbons (Fsp3) is 0.481. The molecule has 11 nitrogen and oxygen atoms in total. The summed E-state index contributed by atoms with van der Waals surface area (Å²) in [6, 6.07) is 4.58. The van der Waals surface area contributed by atoms with Gasteiger partial charge in [0.1, 0.15) is 16.3 Å². The molecular formula is C27H28F3N7O4S2. The first-order valence-corrected chi connectivity index (χ1v) is 16.5. The molecule has 3 aromatic rings. The number of thiophene rings is 1. The van der Waals surface area contributed by atoms with E-state index in [1.54, 1.807) is 0 Å². The molecule has 43 heavy (non-hydrogen) atoms. The molecule has 0 spiro atoms. The number of rotatable bonds is 6. The third-order valence-electron chi connectivity index (χ3n) is 8.04. The lowest BCUT2D eigenvalue weighted by Crippen LogP contribution is -2.52. The van der Waals surface area contributed by atoms with Crippen LogP contribution < -0.4 is 15.5 Å². The first-order valence-electron chi connectivity index (χ1n) is 14.0. The van der Waals surface area contributed by atoms with Gasteiger partial charge in [-0.15, -0.1) is 11.3 Å². The SMILES string of the molecule is O=C1c2sc(-c3nc(Nc4ccc(N5CCNCC5)nc4C4CC4)ncc3C(F)(F)F)cc2S(=O)(=O)CCN1C1COC1. The van der Waals surface area contributed by atoms with Crippen molar-refractivity contribution in [3.63, 3.8) is 0 Å². The van der Waals surface area contributed by atoms with E-state index in [1.165, 1.54) is 4.90 Å². The first-order chi connectivity index (χ1) is 20.6. The Balaban J connectivity index is 1.26. The molecule has 6 heterocycles. The van der Waals surface area contributed by atoms with Gasteiger partial charge in [-0.05, 0) is 31.0 Å². The molecule has 0 bridgehead atoms. The van der Waals surface area contributed by atoms with Crippen LogP contribution in [-0.2, 0) is 20.8 Å². The number of hydrogen-bond acceptors (Lipinski definition) is 11. The molecule has 2 N–H and O–H groups in total. The number of halogens is 3. The third kappa shape index (κ3) is 5.45. The molecule has 1 aliphatic carbocycles. The van der Waals surface area contributed by atoms with E-state index in [1.807, 2.05) is 12.1 Å². The molecule has 2 saturated heterocycles. The summed E-state index contributed by atoms with van der Waals surface area (Å²) in [6.07, 6.45) is -2.22. The molecular weight excluding hydrogens is 607 g/mol. The van der Waals surface area contributed by atoms with Crippen LogP contribution in [0.4, 0.5) is 30.6 Å². The highest BCUT2D eigenvalue weighted by atomic mass is 32.2. The van der Waals surface area contributed by atoms with Gasteiger partial charge in [0.25, 0.3) is 5.91 Å². The molecule has 3 aliphatic heterocycles. The lowest BCUT2D eigenvalue weighted by molar-refractivity contribution is -0.137. The molecule has 16 heteroatoms. The van der Waals surface area contributed by atoms with Gasteiger partial charge >= 0.3 is 6.18 Å². The molecule has 0 aromatic carbocycles. The molecule has 1 amide bonds. The topological polar surface area (TPSA) is 130 Å². The highest BCUT2D eigenvalue weighted by Gasteiger charge is 2.41. The Labute approximate surface area is 249 Å². The minimum Gasteiger partial charge on any atom is -0.377 e. The summed E-state index contributed by atoms with van der Waals surface area (Å²) in [5.74, 6) is 0.116. The van der Waals surface area contributed by atoms with Crippen LogP contribution in [0.5, 0.6) is 0 Å². The number of pyridine rings is 1. The number of nitrogens with zero attached hydrogens (tertiary/aromatic N) is 5.